The van der Waals surface area contributed by atoms with E-state index in [1.165, 1.54) is 5.57 Å². The summed E-state index contributed by atoms with van der Waals surface area (Å²) in [7, 11) is 0. The van der Waals surface area contributed by atoms with Gasteiger partial charge in [-0.25, -0.2) is 0 Å². The Morgan fingerprint density at radius 3 is 2.78 bits per heavy atom. The molecule has 1 rings (SSSR count). The molecule has 1 aliphatic carbocycles. The molecule has 0 aromatic heterocycles. The van der Waals surface area contributed by atoms with Crippen molar-refractivity contribution >= 4 is 11.6 Å². The van der Waals surface area contributed by atoms with Crippen LogP contribution in [-0.4, -0.2) is 17.7 Å². The van der Waals surface area contributed by atoms with Crippen LogP contribution >= 0.6 is 0 Å². The zero-order valence-electron chi connectivity index (χ0n) is 11.6. The molecule has 98 valence electrons. The van der Waals surface area contributed by atoms with E-state index in [0.717, 1.165) is 12.0 Å². The number of carbonyl (C=O) groups is 1. The molecule has 1 unspecified atom stereocenters. The Labute approximate surface area is 109 Å². The largest absolute Gasteiger partial charge is 0.344 e. The minimum absolute atomic E-state index is 0.00982. The highest BCUT2D eigenvalue weighted by atomic mass is 16.1. The first-order valence-electron chi connectivity index (χ1n) is 6.31. The van der Waals surface area contributed by atoms with Gasteiger partial charge in [-0.2, -0.15) is 0 Å². The maximum atomic E-state index is 11.8. The topological polar surface area (TPSA) is 53.0 Å². The third kappa shape index (κ3) is 4.32. The van der Waals surface area contributed by atoms with E-state index < -0.39 is 0 Å². The molecule has 0 radical (unpaired) electrons. The number of carbonyl (C=O) groups excluding carboxylic acids is 1. The van der Waals surface area contributed by atoms with Gasteiger partial charge in [-0.3, -0.25) is 10.2 Å². The van der Waals surface area contributed by atoms with E-state index in [1.807, 2.05) is 32.1 Å². The zero-order valence-corrected chi connectivity index (χ0v) is 11.6. The molecule has 1 aliphatic rings. The Balaban J connectivity index is 2.56. The molecule has 2 N–H and O–H groups in total. The average molecular weight is 246 g/mol. The van der Waals surface area contributed by atoms with Gasteiger partial charge in [0.1, 0.15) is 5.71 Å². The number of rotatable bonds is 4. The Kier molecular flexibility index (Phi) is 5.08. The van der Waals surface area contributed by atoms with E-state index in [-0.39, 0.29) is 17.7 Å². The summed E-state index contributed by atoms with van der Waals surface area (Å²) in [5.41, 5.74) is 2.32. The van der Waals surface area contributed by atoms with E-state index in [0.29, 0.717) is 5.92 Å². The highest BCUT2D eigenvalue weighted by Gasteiger charge is 2.14. The van der Waals surface area contributed by atoms with Crippen LogP contribution in [0.15, 0.2) is 35.5 Å². The second-order valence-corrected chi connectivity index (χ2v) is 5.14. The van der Waals surface area contributed by atoms with Crippen LogP contribution in [0.25, 0.3) is 0 Å². The van der Waals surface area contributed by atoms with Crippen molar-refractivity contribution in [2.75, 3.05) is 0 Å². The molecule has 0 saturated carbocycles. The first kappa shape index (κ1) is 14.4. The fraction of sp³-hybridized carbons (Fsp3) is 0.467. The smallest absolute Gasteiger partial charge is 0.269 e. The molecule has 3 nitrogen and oxygen atoms in total. The lowest BCUT2D eigenvalue weighted by molar-refractivity contribution is -0.115. The Hall–Kier alpha value is -1.64. The van der Waals surface area contributed by atoms with Crippen molar-refractivity contribution < 1.29 is 4.79 Å². The van der Waals surface area contributed by atoms with Crippen molar-refractivity contribution in [2.24, 2.45) is 5.92 Å². The molecule has 0 spiro atoms. The van der Waals surface area contributed by atoms with Crippen molar-refractivity contribution in [3.63, 3.8) is 0 Å². The number of amides is 1. The molecule has 3 heteroatoms. The number of nitrogens with one attached hydrogen (secondary N) is 2. The van der Waals surface area contributed by atoms with E-state index >= 15 is 0 Å². The van der Waals surface area contributed by atoms with Gasteiger partial charge in [0, 0.05) is 0 Å². The van der Waals surface area contributed by atoms with Crippen molar-refractivity contribution in [3.05, 3.63) is 35.5 Å². The minimum Gasteiger partial charge on any atom is -0.344 e. The molecular weight excluding hydrogens is 224 g/mol. The third-order valence-corrected chi connectivity index (χ3v) is 3.11. The van der Waals surface area contributed by atoms with Gasteiger partial charge in [0.05, 0.1) is 6.04 Å². The normalized spacial score (nSPS) is 19.7. The van der Waals surface area contributed by atoms with Crippen LogP contribution < -0.4 is 5.32 Å². The van der Waals surface area contributed by atoms with Gasteiger partial charge in [0.15, 0.2) is 0 Å². The first-order chi connectivity index (χ1) is 8.40. The summed E-state index contributed by atoms with van der Waals surface area (Å²) in [6, 6.07) is 0.00982. The maximum absolute atomic E-state index is 11.8. The van der Waals surface area contributed by atoms with Gasteiger partial charge in [0.25, 0.3) is 5.91 Å². The summed E-state index contributed by atoms with van der Waals surface area (Å²) in [5.74, 6) is 0.0530. The van der Waals surface area contributed by atoms with Gasteiger partial charge in [0.2, 0.25) is 0 Å². The van der Waals surface area contributed by atoms with E-state index in [1.54, 1.807) is 6.08 Å². The average Bonchev–Trinajstić information content (AvgIpc) is 2.28. The van der Waals surface area contributed by atoms with Crippen LogP contribution in [0.2, 0.25) is 0 Å². The van der Waals surface area contributed by atoms with Crippen molar-refractivity contribution in [1.29, 1.82) is 5.41 Å². The molecule has 0 aromatic carbocycles. The van der Waals surface area contributed by atoms with E-state index in [2.05, 4.69) is 19.2 Å². The molecule has 18 heavy (non-hydrogen) atoms. The lowest BCUT2D eigenvalue weighted by Gasteiger charge is -2.17. The molecule has 0 saturated heterocycles. The molecule has 1 amide bonds. The SMILES string of the molecule is CC1=CC=CC(NC(=O)C(=N)/C=C(\C)C(C)C)C1. The second-order valence-electron chi connectivity index (χ2n) is 5.14. The monoisotopic (exact) mass is 246 g/mol. The quantitative estimate of drug-likeness (QED) is 0.736. The fourth-order valence-electron chi connectivity index (χ4n) is 1.64. The summed E-state index contributed by atoms with van der Waals surface area (Å²) < 4.78 is 0. The molecule has 0 aromatic rings. The van der Waals surface area contributed by atoms with Gasteiger partial charge in [-0.1, -0.05) is 43.2 Å². The molecule has 1 atom stereocenters. The highest BCUT2D eigenvalue weighted by Crippen LogP contribution is 2.12. The molecular formula is C15H22N2O. The van der Waals surface area contributed by atoms with Gasteiger partial charge < -0.3 is 5.32 Å². The van der Waals surface area contributed by atoms with E-state index in [9.17, 15) is 4.79 Å². The summed E-state index contributed by atoms with van der Waals surface area (Å²) in [6.45, 7) is 8.08. The Morgan fingerprint density at radius 2 is 2.22 bits per heavy atom. The minimum atomic E-state index is -0.306. The maximum Gasteiger partial charge on any atom is 0.269 e. The van der Waals surface area contributed by atoms with E-state index in [4.69, 9.17) is 5.41 Å². The van der Waals surface area contributed by atoms with Crippen LogP contribution in [0.1, 0.15) is 34.1 Å². The van der Waals surface area contributed by atoms with Gasteiger partial charge in [-0.05, 0) is 32.3 Å². The van der Waals surface area contributed by atoms with Crippen molar-refractivity contribution in [2.45, 2.75) is 40.2 Å². The van der Waals surface area contributed by atoms with Crippen LogP contribution in [0.5, 0.6) is 0 Å². The summed E-state index contributed by atoms with van der Waals surface area (Å²) >= 11 is 0. The molecule has 0 heterocycles. The van der Waals surface area contributed by atoms with Gasteiger partial charge in [-0.15, -0.1) is 0 Å². The van der Waals surface area contributed by atoms with Crippen molar-refractivity contribution in [3.8, 4) is 0 Å². The van der Waals surface area contributed by atoms with Crippen LogP contribution in [0.4, 0.5) is 0 Å². The predicted octanol–water partition coefficient (Wildman–Crippen LogP) is 3.00. The van der Waals surface area contributed by atoms with Crippen LogP contribution in [-0.2, 0) is 4.79 Å². The summed E-state index contributed by atoms with van der Waals surface area (Å²) in [6.07, 6.45) is 8.41. The molecule has 0 fully saturated rings. The van der Waals surface area contributed by atoms with Crippen LogP contribution in [0.3, 0.4) is 0 Å². The predicted molar refractivity (Wildman–Crippen MR) is 75.8 cm³/mol. The summed E-state index contributed by atoms with van der Waals surface area (Å²) in [5, 5.41) is 10.6. The number of allylic oxidation sites excluding steroid dienone is 3. The lowest BCUT2D eigenvalue weighted by Crippen LogP contribution is -2.38. The fourth-order valence-corrected chi connectivity index (χ4v) is 1.64. The first-order valence-corrected chi connectivity index (χ1v) is 6.31. The molecule has 0 aliphatic heterocycles. The van der Waals surface area contributed by atoms with Crippen molar-refractivity contribution in [1.82, 2.24) is 5.32 Å². The Morgan fingerprint density at radius 1 is 1.56 bits per heavy atom. The van der Waals surface area contributed by atoms with Crippen LogP contribution in [0, 0.1) is 11.3 Å². The highest BCUT2D eigenvalue weighted by molar-refractivity contribution is 6.42. The summed E-state index contributed by atoms with van der Waals surface area (Å²) in [4.78, 5) is 11.8. The Bertz CT molecular complexity index is 428. The number of hydrogen-bond donors (Lipinski definition) is 2. The third-order valence-electron chi connectivity index (χ3n) is 3.11. The zero-order chi connectivity index (χ0) is 13.7. The number of hydrogen-bond acceptors (Lipinski definition) is 2. The second kappa shape index (κ2) is 6.34. The molecule has 0 bridgehead atoms. The standard InChI is InChI=1S/C15H22N2O/c1-10(2)12(4)9-14(16)15(18)17-13-7-5-6-11(3)8-13/h5-7,9-10,13,16H,8H2,1-4H3,(H,17,18)/b12-9+,16-14?. The van der Waals surface area contributed by atoms with Gasteiger partial charge >= 0.3 is 0 Å². The lowest BCUT2D eigenvalue weighted by atomic mass is 10.0.